The van der Waals surface area contributed by atoms with E-state index in [0.717, 1.165) is 55.5 Å². The number of amides is 1. The van der Waals surface area contributed by atoms with Crippen LogP contribution in [-0.2, 0) is 9.59 Å². The molecule has 242 valence electrons. The third kappa shape index (κ3) is 4.03. The molecule has 1 amide bonds. The molecule has 0 saturated heterocycles. The molecule has 0 spiro atoms. The highest BCUT2D eigenvalue weighted by Crippen LogP contribution is 2.75. The van der Waals surface area contributed by atoms with Crippen LogP contribution in [0.15, 0.2) is 35.9 Å². The average Bonchev–Trinajstić information content (AvgIpc) is 2.98. The van der Waals surface area contributed by atoms with Crippen LogP contribution in [0.25, 0.3) is 0 Å². The van der Waals surface area contributed by atoms with Crippen molar-refractivity contribution >= 4 is 17.4 Å². The Morgan fingerprint density at radius 1 is 1.00 bits per heavy atom. The van der Waals surface area contributed by atoms with Crippen molar-refractivity contribution < 1.29 is 29.6 Å². The fourth-order valence-electron chi connectivity index (χ4n) is 11.8. The number of carbonyl (C=O) groups is 2. The summed E-state index contributed by atoms with van der Waals surface area (Å²) in [7, 11) is 1.63. The van der Waals surface area contributed by atoms with E-state index in [9.17, 15) is 24.9 Å². The molecule has 0 radical (unpaired) electrons. The van der Waals surface area contributed by atoms with Crippen molar-refractivity contribution in [2.24, 2.45) is 56.7 Å². The maximum Gasteiger partial charge on any atom is 0.231 e. The lowest BCUT2D eigenvalue weighted by Gasteiger charge is -2.71. The van der Waals surface area contributed by atoms with E-state index in [-0.39, 0.29) is 52.8 Å². The Morgan fingerprint density at radius 2 is 1.68 bits per heavy atom. The molecule has 4 N–H and O–H groups in total. The number of carbonyl (C=O) groups excluding carboxylic acids is 2. The third-order valence-corrected chi connectivity index (χ3v) is 14.6. The highest BCUT2D eigenvalue weighted by Gasteiger charge is 2.72. The standard InChI is InChI=1S/C37H53NO6/c1-21-12-15-37(32(43)38-23-8-10-24(44-7)11-9-23)17-16-35(5)25(29(37)22(21)2)18-26(40)30-33(3)19-27(41)31(42)34(4,20-39)28(33)13-14-36(30,35)6/h8-11,18,21-22,27-31,39,41-42H,12-17,19-20H2,1-7H3,(H,38,43)/t21-,22+,27-,28-,29+,30-,31+,33+,34+,35-,36-,37+/m1/s1. The third-order valence-electron chi connectivity index (χ3n) is 14.6. The van der Waals surface area contributed by atoms with Crippen LogP contribution < -0.4 is 10.1 Å². The Hall–Kier alpha value is -2.22. The SMILES string of the molecule is COc1ccc(NC(=O)[C@]23CC[C@@H](C)[C@H](C)[C@H]2C2=CC(=O)[C@@H]4[C@@]5(C)C[C@@H](O)[C@H](O)[C@@](C)(CO)[C@@H]5CC[C@@]4(C)[C@]2(C)CC3)cc1. The van der Waals surface area contributed by atoms with E-state index in [1.807, 2.05) is 37.3 Å². The molecular weight excluding hydrogens is 554 g/mol. The molecule has 7 nitrogen and oxygen atoms in total. The zero-order valence-electron chi connectivity index (χ0n) is 27.7. The van der Waals surface area contributed by atoms with Crippen LogP contribution >= 0.6 is 0 Å². The van der Waals surface area contributed by atoms with Gasteiger partial charge in [0.25, 0.3) is 0 Å². The fourth-order valence-corrected chi connectivity index (χ4v) is 11.8. The van der Waals surface area contributed by atoms with Crippen molar-refractivity contribution in [1.82, 2.24) is 0 Å². The second-order valence-corrected chi connectivity index (χ2v) is 16.4. The molecule has 1 aromatic carbocycles. The molecule has 0 aromatic heterocycles. The molecule has 7 heteroatoms. The molecule has 0 heterocycles. The van der Waals surface area contributed by atoms with Gasteiger partial charge in [-0.25, -0.2) is 0 Å². The van der Waals surface area contributed by atoms with E-state index in [1.165, 1.54) is 0 Å². The Bertz CT molecular complexity index is 1360. The predicted molar refractivity (Wildman–Crippen MR) is 170 cm³/mol. The van der Waals surface area contributed by atoms with Gasteiger partial charge >= 0.3 is 0 Å². The number of aliphatic hydroxyl groups is 3. The highest BCUT2D eigenvalue weighted by molar-refractivity contribution is 5.98. The predicted octanol–water partition coefficient (Wildman–Crippen LogP) is 5.77. The van der Waals surface area contributed by atoms with Gasteiger partial charge in [0.05, 0.1) is 31.3 Å². The number of methoxy groups -OCH3 is 1. The molecule has 5 aliphatic carbocycles. The van der Waals surface area contributed by atoms with Crippen molar-refractivity contribution in [3.63, 3.8) is 0 Å². The number of hydrogen-bond donors (Lipinski definition) is 4. The topological polar surface area (TPSA) is 116 Å². The minimum atomic E-state index is -1.03. The minimum absolute atomic E-state index is 0.0445. The summed E-state index contributed by atoms with van der Waals surface area (Å²) in [5.74, 6) is 1.07. The van der Waals surface area contributed by atoms with Crippen LogP contribution in [0.4, 0.5) is 5.69 Å². The van der Waals surface area contributed by atoms with Crippen LogP contribution in [0.1, 0.15) is 86.5 Å². The molecule has 4 saturated carbocycles. The summed E-state index contributed by atoms with van der Waals surface area (Å²) in [6, 6.07) is 7.48. The van der Waals surface area contributed by atoms with Crippen LogP contribution in [0.5, 0.6) is 5.75 Å². The monoisotopic (exact) mass is 607 g/mol. The molecule has 1 aromatic rings. The van der Waals surface area contributed by atoms with Gasteiger partial charge in [-0.3, -0.25) is 9.59 Å². The Morgan fingerprint density at radius 3 is 2.32 bits per heavy atom. The lowest BCUT2D eigenvalue weighted by atomic mass is 9.33. The van der Waals surface area contributed by atoms with Gasteiger partial charge in [0, 0.05) is 17.0 Å². The Kier molecular flexibility index (Phi) is 7.50. The Labute approximate surface area is 262 Å². The second kappa shape index (κ2) is 10.4. The van der Waals surface area contributed by atoms with E-state index in [2.05, 4.69) is 39.9 Å². The first-order valence-corrected chi connectivity index (χ1v) is 16.8. The van der Waals surface area contributed by atoms with E-state index in [1.54, 1.807) is 7.11 Å². The summed E-state index contributed by atoms with van der Waals surface area (Å²) in [5.41, 5.74) is -0.819. The number of benzene rings is 1. The zero-order valence-corrected chi connectivity index (χ0v) is 27.7. The van der Waals surface area contributed by atoms with Gasteiger partial charge < -0.3 is 25.4 Å². The quantitative estimate of drug-likeness (QED) is 0.345. The van der Waals surface area contributed by atoms with Crippen LogP contribution in [-0.4, -0.2) is 52.9 Å². The summed E-state index contributed by atoms with van der Waals surface area (Å²) in [6.07, 6.45) is 5.18. The number of ether oxygens (including phenoxy) is 1. The number of nitrogens with one attached hydrogen (secondary N) is 1. The number of allylic oxidation sites excluding steroid dienone is 2. The molecule has 4 fully saturated rings. The summed E-state index contributed by atoms with van der Waals surface area (Å²) in [6.45, 7) is 13.0. The van der Waals surface area contributed by atoms with E-state index >= 15 is 0 Å². The average molecular weight is 608 g/mol. The number of anilines is 1. The number of aliphatic hydroxyl groups excluding tert-OH is 3. The van der Waals surface area contributed by atoms with Crippen molar-refractivity contribution in [3.05, 3.63) is 35.9 Å². The lowest BCUT2D eigenvalue weighted by molar-refractivity contribution is -0.238. The van der Waals surface area contributed by atoms with Gasteiger partial charge in [0.1, 0.15) is 5.75 Å². The van der Waals surface area contributed by atoms with Gasteiger partial charge in [-0.2, -0.15) is 0 Å². The smallest absolute Gasteiger partial charge is 0.231 e. The van der Waals surface area contributed by atoms with Gasteiger partial charge in [0.2, 0.25) is 5.91 Å². The first-order chi connectivity index (χ1) is 20.6. The number of rotatable bonds is 4. The van der Waals surface area contributed by atoms with Gasteiger partial charge in [0.15, 0.2) is 5.78 Å². The van der Waals surface area contributed by atoms with Crippen molar-refractivity contribution in [2.45, 2.75) is 98.7 Å². The van der Waals surface area contributed by atoms with Gasteiger partial charge in [-0.05, 0) is 115 Å². The minimum Gasteiger partial charge on any atom is -0.497 e. The first kappa shape index (κ1) is 31.7. The summed E-state index contributed by atoms with van der Waals surface area (Å²) in [4.78, 5) is 29.1. The number of fused-ring (bicyclic) bond motifs is 7. The molecule has 0 aliphatic heterocycles. The highest BCUT2D eigenvalue weighted by atomic mass is 16.5. The zero-order chi connectivity index (χ0) is 32.0. The molecule has 6 rings (SSSR count). The number of ketones is 1. The summed E-state index contributed by atoms with van der Waals surface area (Å²) in [5, 5.41) is 36.0. The van der Waals surface area contributed by atoms with Gasteiger partial charge in [-0.1, -0.05) is 47.1 Å². The molecule has 44 heavy (non-hydrogen) atoms. The normalized spacial score (nSPS) is 48.2. The maximum atomic E-state index is 14.7. The van der Waals surface area contributed by atoms with E-state index in [4.69, 9.17) is 4.74 Å². The molecule has 0 bridgehead atoms. The largest absolute Gasteiger partial charge is 0.497 e. The van der Waals surface area contributed by atoms with Crippen LogP contribution in [0, 0.1) is 56.7 Å². The first-order valence-electron chi connectivity index (χ1n) is 16.8. The van der Waals surface area contributed by atoms with Gasteiger partial charge in [-0.15, -0.1) is 0 Å². The van der Waals surface area contributed by atoms with E-state index in [0.29, 0.717) is 12.3 Å². The van der Waals surface area contributed by atoms with Crippen molar-refractivity contribution in [2.75, 3.05) is 19.0 Å². The maximum absolute atomic E-state index is 14.7. The summed E-state index contributed by atoms with van der Waals surface area (Å²) < 4.78 is 5.31. The van der Waals surface area contributed by atoms with Crippen LogP contribution in [0.2, 0.25) is 0 Å². The van der Waals surface area contributed by atoms with Crippen molar-refractivity contribution in [3.8, 4) is 5.75 Å². The fraction of sp³-hybridized carbons (Fsp3) is 0.730. The molecule has 0 unspecified atom stereocenters. The number of hydrogen-bond acceptors (Lipinski definition) is 6. The molecular formula is C37H53NO6. The molecule has 5 aliphatic rings. The summed E-state index contributed by atoms with van der Waals surface area (Å²) >= 11 is 0. The van der Waals surface area contributed by atoms with Crippen LogP contribution in [0.3, 0.4) is 0 Å². The van der Waals surface area contributed by atoms with E-state index < -0.39 is 28.5 Å². The second-order valence-electron chi connectivity index (χ2n) is 16.4. The van der Waals surface area contributed by atoms with Crippen molar-refractivity contribution in [1.29, 1.82) is 0 Å². The lowest BCUT2D eigenvalue weighted by Crippen LogP contribution is -2.70. The Balaban J connectivity index is 1.43. The molecule has 12 atom stereocenters.